The number of benzene rings is 3. The average Bonchev–Trinajstić information content (AvgIpc) is 3.40. The predicted octanol–water partition coefficient (Wildman–Crippen LogP) is 6.03. The van der Waals surface area contributed by atoms with Gasteiger partial charge in [0.25, 0.3) is 11.1 Å². The summed E-state index contributed by atoms with van der Waals surface area (Å²) in [5.74, 6) is -0.520. The number of carbonyl (C=O) groups is 3. The monoisotopic (exact) mass is 455 g/mol. The maximum atomic E-state index is 13.0. The summed E-state index contributed by atoms with van der Waals surface area (Å²) >= 11 is 0.874. The molecule has 1 N–H and O–H groups in total. The van der Waals surface area contributed by atoms with Gasteiger partial charge in [-0.1, -0.05) is 54.6 Å². The Morgan fingerprint density at radius 3 is 2.61 bits per heavy atom. The molecule has 1 fully saturated rings. The number of nitrogens with zero attached hydrogens (tertiary/aromatic N) is 1. The van der Waals surface area contributed by atoms with Crippen LogP contribution in [0.5, 0.6) is 0 Å². The molecular weight excluding hydrogens is 438 g/mol. The number of hydrogen-bond acceptors (Lipinski definition) is 5. The molecule has 0 unspecified atom stereocenters. The molecule has 0 radical (unpaired) electrons. The third-order valence-corrected chi connectivity index (χ3v) is 6.28. The van der Waals surface area contributed by atoms with Crippen LogP contribution in [-0.2, 0) is 11.3 Å². The number of carboxylic acid groups (broad SMARTS) is 1. The molecule has 0 aliphatic carbocycles. The lowest BCUT2D eigenvalue weighted by molar-refractivity contribution is -0.123. The molecule has 3 aromatic carbocycles. The largest absolute Gasteiger partial charge is 0.478 e. The number of carboxylic acids is 1. The molecule has 6 nitrogen and oxygen atoms in total. The van der Waals surface area contributed by atoms with Crippen molar-refractivity contribution in [3.05, 3.63) is 101 Å². The van der Waals surface area contributed by atoms with E-state index in [1.807, 2.05) is 42.5 Å². The van der Waals surface area contributed by atoms with Crippen molar-refractivity contribution in [2.45, 2.75) is 6.54 Å². The van der Waals surface area contributed by atoms with Crippen LogP contribution in [0.3, 0.4) is 0 Å². The quantitative estimate of drug-likeness (QED) is 0.370. The first-order valence-electron chi connectivity index (χ1n) is 10.2. The molecule has 1 aliphatic heterocycles. The summed E-state index contributed by atoms with van der Waals surface area (Å²) in [6, 6.07) is 23.5. The van der Waals surface area contributed by atoms with E-state index in [4.69, 9.17) is 4.42 Å². The van der Waals surface area contributed by atoms with Crippen LogP contribution in [0, 0.1) is 0 Å². The lowest BCUT2D eigenvalue weighted by Crippen LogP contribution is -2.27. The highest BCUT2D eigenvalue weighted by molar-refractivity contribution is 8.18. The van der Waals surface area contributed by atoms with E-state index in [0.717, 1.165) is 28.1 Å². The van der Waals surface area contributed by atoms with Gasteiger partial charge in [0.2, 0.25) is 0 Å². The minimum absolute atomic E-state index is 0.153. The minimum Gasteiger partial charge on any atom is -0.478 e. The summed E-state index contributed by atoms with van der Waals surface area (Å²) in [4.78, 5) is 38.3. The van der Waals surface area contributed by atoms with Crippen molar-refractivity contribution in [3.8, 4) is 11.3 Å². The molecular formula is C26H17NO5S. The number of thioether (sulfide) groups is 1. The van der Waals surface area contributed by atoms with Crippen molar-refractivity contribution in [2.75, 3.05) is 0 Å². The molecule has 1 saturated heterocycles. The molecule has 2 amide bonds. The summed E-state index contributed by atoms with van der Waals surface area (Å²) < 4.78 is 5.80. The fourth-order valence-electron chi connectivity index (χ4n) is 3.76. The maximum Gasteiger partial charge on any atom is 0.335 e. The Hall–Kier alpha value is -4.10. The summed E-state index contributed by atoms with van der Waals surface area (Å²) in [7, 11) is 0. The number of fused-ring (bicyclic) bond motifs is 1. The van der Waals surface area contributed by atoms with Gasteiger partial charge < -0.3 is 9.52 Å². The van der Waals surface area contributed by atoms with Crippen molar-refractivity contribution >= 4 is 45.7 Å². The Kier molecular flexibility index (Phi) is 5.32. The van der Waals surface area contributed by atoms with Crippen molar-refractivity contribution in [1.82, 2.24) is 4.90 Å². The number of imide groups is 1. The second-order valence-corrected chi connectivity index (χ2v) is 8.49. The highest BCUT2D eigenvalue weighted by Gasteiger charge is 2.35. The van der Waals surface area contributed by atoms with Gasteiger partial charge in [-0.05, 0) is 52.4 Å². The van der Waals surface area contributed by atoms with Crippen molar-refractivity contribution in [1.29, 1.82) is 0 Å². The lowest BCUT2D eigenvalue weighted by Gasteiger charge is -2.14. The van der Waals surface area contributed by atoms with E-state index in [2.05, 4.69) is 0 Å². The highest BCUT2D eigenvalue weighted by Crippen LogP contribution is 2.35. The van der Waals surface area contributed by atoms with Crippen LogP contribution in [0.2, 0.25) is 0 Å². The van der Waals surface area contributed by atoms with E-state index in [9.17, 15) is 19.5 Å². The first kappa shape index (κ1) is 20.8. The predicted molar refractivity (Wildman–Crippen MR) is 127 cm³/mol. The molecule has 1 aliphatic rings. The fraction of sp³-hybridized carbons (Fsp3) is 0.0385. The average molecular weight is 455 g/mol. The van der Waals surface area contributed by atoms with Crippen LogP contribution < -0.4 is 0 Å². The van der Waals surface area contributed by atoms with Gasteiger partial charge in [-0.3, -0.25) is 14.5 Å². The Morgan fingerprint density at radius 2 is 1.76 bits per heavy atom. The van der Waals surface area contributed by atoms with E-state index in [1.54, 1.807) is 30.3 Å². The summed E-state index contributed by atoms with van der Waals surface area (Å²) in [5.41, 5.74) is 1.66. The Bertz CT molecular complexity index is 1450. The number of furan rings is 1. The van der Waals surface area contributed by atoms with E-state index < -0.39 is 5.97 Å². The van der Waals surface area contributed by atoms with Crippen LogP contribution in [0.4, 0.5) is 4.79 Å². The van der Waals surface area contributed by atoms with Gasteiger partial charge >= 0.3 is 5.97 Å². The zero-order valence-corrected chi connectivity index (χ0v) is 18.0. The Labute approximate surface area is 193 Å². The van der Waals surface area contributed by atoms with E-state index in [-0.39, 0.29) is 28.2 Å². The third kappa shape index (κ3) is 4.06. The molecule has 0 spiro atoms. The Balaban J connectivity index is 1.39. The SMILES string of the molecule is O=C(O)c1cccc(-c2ccc(/C=C3\SC(=O)N(Cc4cccc5ccccc45)C3=O)o2)c1. The molecule has 2 heterocycles. The van der Waals surface area contributed by atoms with Crippen LogP contribution in [0.1, 0.15) is 21.7 Å². The first-order valence-corrected chi connectivity index (χ1v) is 11.0. The number of hydrogen-bond donors (Lipinski definition) is 1. The highest BCUT2D eigenvalue weighted by atomic mass is 32.2. The number of carbonyl (C=O) groups excluding carboxylic acids is 2. The fourth-order valence-corrected chi connectivity index (χ4v) is 4.58. The van der Waals surface area contributed by atoms with Crippen molar-refractivity contribution in [3.63, 3.8) is 0 Å². The smallest absolute Gasteiger partial charge is 0.335 e. The second-order valence-electron chi connectivity index (χ2n) is 7.49. The minimum atomic E-state index is -1.02. The zero-order chi connectivity index (χ0) is 22.9. The molecule has 5 rings (SSSR count). The van der Waals surface area contributed by atoms with Gasteiger partial charge in [0.05, 0.1) is 17.0 Å². The van der Waals surface area contributed by atoms with E-state index >= 15 is 0 Å². The molecule has 7 heteroatoms. The molecule has 0 saturated carbocycles. The van der Waals surface area contributed by atoms with E-state index in [0.29, 0.717) is 17.1 Å². The second kappa shape index (κ2) is 8.44. The van der Waals surface area contributed by atoms with Gasteiger partial charge in [0, 0.05) is 11.6 Å². The standard InChI is InChI=1S/C26H17NO5S/c28-24-23(14-20-11-12-22(32-20)17-7-4-8-18(13-17)25(29)30)33-26(31)27(24)15-19-9-3-6-16-5-1-2-10-21(16)19/h1-14H,15H2,(H,29,30)/b23-14-. The summed E-state index contributed by atoms with van der Waals surface area (Å²) in [5, 5.41) is 10.9. The molecule has 0 atom stereocenters. The maximum absolute atomic E-state index is 13.0. The molecule has 1 aromatic heterocycles. The third-order valence-electron chi connectivity index (χ3n) is 5.38. The topological polar surface area (TPSA) is 87.8 Å². The van der Waals surface area contributed by atoms with Crippen LogP contribution in [0.25, 0.3) is 28.2 Å². The molecule has 162 valence electrons. The Morgan fingerprint density at radius 1 is 0.970 bits per heavy atom. The van der Waals surface area contributed by atoms with Crippen molar-refractivity contribution < 1.29 is 23.9 Å². The van der Waals surface area contributed by atoms with Gasteiger partial charge in [0.15, 0.2) is 0 Å². The summed E-state index contributed by atoms with van der Waals surface area (Å²) in [6.07, 6.45) is 1.54. The van der Waals surface area contributed by atoms with Crippen LogP contribution in [0.15, 0.2) is 88.2 Å². The van der Waals surface area contributed by atoms with Gasteiger partial charge in [-0.15, -0.1) is 0 Å². The van der Waals surface area contributed by atoms with Gasteiger partial charge in [-0.25, -0.2) is 4.79 Å². The first-order chi connectivity index (χ1) is 16.0. The van der Waals surface area contributed by atoms with Crippen LogP contribution >= 0.6 is 11.8 Å². The van der Waals surface area contributed by atoms with Gasteiger partial charge in [0.1, 0.15) is 11.5 Å². The molecule has 0 bridgehead atoms. The number of aromatic carboxylic acids is 1. The lowest BCUT2D eigenvalue weighted by atomic mass is 10.0. The zero-order valence-electron chi connectivity index (χ0n) is 17.2. The van der Waals surface area contributed by atoms with Crippen molar-refractivity contribution in [2.24, 2.45) is 0 Å². The molecule has 4 aromatic rings. The summed E-state index contributed by atoms with van der Waals surface area (Å²) in [6.45, 7) is 0.189. The molecule has 33 heavy (non-hydrogen) atoms. The number of amides is 2. The van der Waals surface area contributed by atoms with Crippen LogP contribution in [-0.4, -0.2) is 27.1 Å². The van der Waals surface area contributed by atoms with Gasteiger partial charge in [-0.2, -0.15) is 0 Å². The number of rotatable bonds is 5. The normalized spacial score (nSPS) is 15.0. The van der Waals surface area contributed by atoms with E-state index in [1.165, 1.54) is 17.0 Å².